The van der Waals surface area contributed by atoms with Crippen LogP contribution in [0.3, 0.4) is 0 Å². The largest absolute Gasteiger partial charge is 0.492 e. The summed E-state index contributed by atoms with van der Waals surface area (Å²) < 4.78 is 38.4. The molecule has 0 saturated carbocycles. The maximum atomic E-state index is 12.7. The Morgan fingerprint density at radius 3 is 2.19 bits per heavy atom. The van der Waals surface area contributed by atoms with Gasteiger partial charge in [0.05, 0.1) is 11.4 Å². The molecule has 0 bridgehead atoms. The van der Waals surface area contributed by atoms with Crippen LogP contribution in [-0.4, -0.2) is 45.2 Å². The highest BCUT2D eigenvalue weighted by atomic mass is 32.2. The van der Waals surface area contributed by atoms with E-state index in [1.54, 1.807) is 6.92 Å². The molecule has 3 N–H and O–H groups in total. The highest BCUT2D eigenvalue weighted by molar-refractivity contribution is 7.89. The number of hydrogen-bond acceptors (Lipinski definition) is 6. The average Bonchev–Trinajstić information content (AvgIpc) is 2.76. The van der Waals surface area contributed by atoms with Gasteiger partial charge in [-0.25, -0.2) is 8.42 Å². The van der Waals surface area contributed by atoms with Crippen LogP contribution < -0.4 is 19.5 Å². The van der Waals surface area contributed by atoms with Crippen molar-refractivity contribution in [1.29, 1.82) is 0 Å². The zero-order valence-corrected chi connectivity index (χ0v) is 18.4. The van der Waals surface area contributed by atoms with Gasteiger partial charge < -0.3 is 19.9 Å². The number of rotatable bonds is 11. The second kappa shape index (κ2) is 11.7. The number of nitrogens with one attached hydrogen (secondary N) is 2. The highest BCUT2D eigenvalue weighted by Crippen LogP contribution is 2.22. The molecule has 1 amide bonds. The average molecular weight is 461 g/mol. The molecule has 1 atom stereocenters. The third kappa shape index (κ3) is 7.61. The maximum absolute atomic E-state index is 12.7. The van der Waals surface area contributed by atoms with E-state index in [0.717, 1.165) is 0 Å². The Morgan fingerprint density at radius 2 is 1.62 bits per heavy atom. The van der Waals surface area contributed by atoms with Gasteiger partial charge in [-0.2, -0.15) is 4.72 Å². The minimum Gasteiger partial charge on any atom is -0.492 e. The normalized spacial score (nSPS) is 11.6. The standard InChI is InChI=1S/C22H24N2O7S/c1-3-4-14-30-19-9-11-20(12-10-19)32(28,29)24-21(22(26)27)17-5-7-18(8-6-17)31-15-13-23-16(2)25/h5-12,21,24H,13-15H2,1-2H3,(H,23,25)(H,26,27)/t21-/m1/s1. The van der Waals surface area contributed by atoms with E-state index in [2.05, 4.69) is 21.9 Å². The van der Waals surface area contributed by atoms with E-state index >= 15 is 0 Å². The van der Waals surface area contributed by atoms with E-state index in [0.29, 0.717) is 18.0 Å². The van der Waals surface area contributed by atoms with Gasteiger partial charge in [0.1, 0.15) is 30.8 Å². The van der Waals surface area contributed by atoms with Crippen molar-refractivity contribution in [3.05, 3.63) is 54.1 Å². The van der Waals surface area contributed by atoms with Crippen molar-refractivity contribution in [2.45, 2.75) is 24.8 Å². The van der Waals surface area contributed by atoms with E-state index in [1.807, 2.05) is 0 Å². The molecule has 32 heavy (non-hydrogen) atoms. The number of carboxylic acids is 1. The monoisotopic (exact) mass is 460 g/mol. The number of ether oxygens (including phenoxy) is 2. The first-order valence-electron chi connectivity index (χ1n) is 9.57. The van der Waals surface area contributed by atoms with Crippen molar-refractivity contribution < 1.29 is 32.6 Å². The number of carbonyl (C=O) groups is 2. The zero-order chi connectivity index (χ0) is 23.6. The topological polar surface area (TPSA) is 131 Å². The number of carbonyl (C=O) groups excluding carboxylic acids is 1. The van der Waals surface area contributed by atoms with E-state index in [9.17, 15) is 23.1 Å². The fraction of sp³-hybridized carbons (Fsp3) is 0.273. The van der Waals surface area contributed by atoms with E-state index < -0.39 is 22.0 Å². The van der Waals surface area contributed by atoms with Crippen molar-refractivity contribution in [2.75, 3.05) is 19.8 Å². The van der Waals surface area contributed by atoms with Crippen molar-refractivity contribution in [3.63, 3.8) is 0 Å². The number of sulfonamides is 1. The third-order valence-electron chi connectivity index (χ3n) is 4.10. The van der Waals surface area contributed by atoms with Crippen LogP contribution in [0.25, 0.3) is 0 Å². The van der Waals surface area contributed by atoms with Crippen LogP contribution in [0, 0.1) is 11.8 Å². The van der Waals surface area contributed by atoms with Gasteiger partial charge in [-0.1, -0.05) is 18.1 Å². The van der Waals surface area contributed by atoms with Gasteiger partial charge in [0.25, 0.3) is 0 Å². The molecule has 9 nitrogen and oxygen atoms in total. The number of aliphatic carboxylic acids is 1. The molecule has 0 radical (unpaired) electrons. The Balaban J connectivity index is 2.07. The summed E-state index contributed by atoms with van der Waals surface area (Å²) in [4.78, 5) is 22.5. The van der Waals surface area contributed by atoms with Gasteiger partial charge in [-0.05, 0) is 48.9 Å². The Labute approximate surface area is 186 Å². The van der Waals surface area contributed by atoms with Gasteiger partial charge in [0.2, 0.25) is 15.9 Å². The van der Waals surface area contributed by atoms with Crippen LogP contribution in [0.15, 0.2) is 53.4 Å². The molecule has 2 aromatic carbocycles. The molecule has 10 heteroatoms. The molecule has 0 spiro atoms. The molecule has 170 valence electrons. The number of benzene rings is 2. The molecule has 0 aliphatic heterocycles. The lowest BCUT2D eigenvalue weighted by atomic mass is 10.1. The van der Waals surface area contributed by atoms with Gasteiger partial charge >= 0.3 is 5.97 Å². The first kappa shape index (κ1) is 24.7. The van der Waals surface area contributed by atoms with Gasteiger partial charge in [-0.3, -0.25) is 9.59 Å². The van der Waals surface area contributed by atoms with Gasteiger partial charge in [0.15, 0.2) is 0 Å². The molecule has 0 aliphatic carbocycles. The Morgan fingerprint density at radius 1 is 1.03 bits per heavy atom. The maximum Gasteiger partial charge on any atom is 0.326 e. The first-order chi connectivity index (χ1) is 15.2. The summed E-state index contributed by atoms with van der Waals surface area (Å²) in [5, 5.41) is 12.2. The Kier molecular flexibility index (Phi) is 9.07. The van der Waals surface area contributed by atoms with Crippen LogP contribution in [0.1, 0.15) is 25.5 Å². The van der Waals surface area contributed by atoms with E-state index in [4.69, 9.17) is 9.47 Å². The Hall–Kier alpha value is -3.55. The predicted octanol–water partition coefficient (Wildman–Crippen LogP) is 1.71. The number of carboxylic acid groups (broad SMARTS) is 1. The lowest BCUT2D eigenvalue weighted by Crippen LogP contribution is -2.33. The quantitative estimate of drug-likeness (QED) is 0.344. The number of hydrogen-bond donors (Lipinski definition) is 3. The van der Waals surface area contributed by atoms with Crippen molar-refractivity contribution in [2.24, 2.45) is 0 Å². The summed E-state index contributed by atoms with van der Waals surface area (Å²) in [5.41, 5.74) is 0.230. The molecule has 0 aromatic heterocycles. The number of amides is 1. The van der Waals surface area contributed by atoms with Crippen molar-refractivity contribution in [1.82, 2.24) is 10.0 Å². The van der Waals surface area contributed by atoms with Gasteiger partial charge in [-0.15, -0.1) is 5.92 Å². The second-order valence-corrected chi connectivity index (χ2v) is 8.19. The van der Waals surface area contributed by atoms with E-state index in [-0.39, 0.29) is 29.6 Å². The molecule has 0 heterocycles. The minimum atomic E-state index is -4.12. The van der Waals surface area contributed by atoms with Crippen LogP contribution in [0.2, 0.25) is 0 Å². The summed E-state index contributed by atoms with van der Waals surface area (Å²) in [6.07, 6.45) is 0. The smallest absolute Gasteiger partial charge is 0.326 e. The fourth-order valence-corrected chi connectivity index (χ4v) is 3.72. The van der Waals surface area contributed by atoms with Crippen molar-refractivity contribution in [3.8, 4) is 23.3 Å². The molecular formula is C22H24N2O7S. The van der Waals surface area contributed by atoms with Crippen molar-refractivity contribution >= 4 is 21.9 Å². The molecule has 0 fully saturated rings. The second-order valence-electron chi connectivity index (χ2n) is 6.48. The zero-order valence-electron chi connectivity index (χ0n) is 17.6. The van der Waals surface area contributed by atoms with Gasteiger partial charge in [0, 0.05) is 6.92 Å². The molecule has 0 aliphatic rings. The molecule has 0 unspecified atom stereocenters. The summed E-state index contributed by atoms with van der Waals surface area (Å²) in [6.45, 7) is 3.81. The molecule has 2 aromatic rings. The minimum absolute atomic E-state index is 0.101. The summed E-state index contributed by atoms with van der Waals surface area (Å²) in [6, 6.07) is 10.1. The first-order valence-corrected chi connectivity index (χ1v) is 11.1. The molecule has 2 rings (SSSR count). The summed E-state index contributed by atoms with van der Waals surface area (Å²) >= 11 is 0. The predicted molar refractivity (Wildman–Crippen MR) is 117 cm³/mol. The molecular weight excluding hydrogens is 436 g/mol. The van der Waals surface area contributed by atoms with Crippen LogP contribution in [0.4, 0.5) is 0 Å². The summed E-state index contributed by atoms with van der Waals surface area (Å²) in [7, 11) is -4.12. The van der Waals surface area contributed by atoms with Crippen LogP contribution in [-0.2, 0) is 19.6 Å². The van der Waals surface area contributed by atoms with Crippen LogP contribution >= 0.6 is 0 Å². The molecule has 0 saturated heterocycles. The van der Waals surface area contributed by atoms with E-state index in [1.165, 1.54) is 55.5 Å². The highest BCUT2D eigenvalue weighted by Gasteiger charge is 2.27. The summed E-state index contributed by atoms with van der Waals surface area (Å²) in [5.74, 6) is 4.77. The third-order valence-corrected chi connectivity index (χ3v) is 5.54. The van der Waals surface area contributed by atoms with Crippen LogP contribution in [0.5, 0.6) is 11.5 Å². The lowest BCUT2D eigenvalue weighted by Gasteiger charge is -2.16. The Bertz CT molecular complexity index is 1090. The fourth-order valence-electron chi connectivity index (χ4n) is 2.54. The SMILES string of the molecule is CC#CCOc1ccc(S(=O)(=O)N[C@@H](C(=O)O)c2ccc(OCCNC(C)=O)cc2)cc1. The lowest BCUT2D eigenvalue weighted by molar-refractivity contribution is -0.139.